The van der Waals surface area contributed by atoms with Gasteiger partial charge in [0.05, 0.1) is 17.2 Å². The third kappa shape index (κ3) is 4.66. The van der Waals surface area contributed by atoms with Gasteiger partial charge in [-0.25, -0.2) is 0 Å². The summed E-state index contributed by atoms with van der Waals surface area (Å²) in [5.74, 6) is 2.22. The van der Waals surface area contributed by atoms with E-state index in [9.17, 15) is 5.26 Å². The van der Waals surface area contributed by atoms with Crippen molar-refractivity contribution in [3.05, 3.63) is 76.6 Å². The van der Waals surface area contributed by atoms with Crippen LogP contribution >= 0.6 is 0 Å². The van der Waals surface area contributed by atoms with Crippen LogP contribution in [0.1, 0.15) is 47.8 Å². The van der Waals surface area contributed by atoms with Crippen LogP contribution in [0.3, 0.4) is 0 Å². The topological polar surface area (TPSA) is 68.0 Å². The average Bonchev–Trinajstić information content (AvgIpc) is 2.66. The van der Waals surface area contributed by atoms with E-state index in [1.165, 1.54) is 0 Å². The van der Waals surface area contributed by atoms with Crippen molar-refractivity contribution in [2.24, 2.45) is 0 Å². The Kier molecular flexibility index (Phi) is 5.90. The van der Waals surface area contributed by atoms with Gasteiger partial charge >= 0.3 is 0 Å². The number of nitrogens with zero attached hydrogens (tertiary/aromatic N) is 3. The highest BCUT2D eigenvalue weighted by Crippen LogP contribution is 2.35. The van der Waals surface area contributed by atoms with Gasteiger partial charge in [0, 0.05) is 0 Å². The summed E-state index contributed by atoms with van der Waals surface area (Å²) in [5, 5.41) is 9.21. The van der Waals surface area contributed by atoms with Gasteiger partial charge in [-0.3, -0.25) is 0 Å². The molecule has 0 spiro atoms. The van der Waals surface area contributed by atoms with Crippen LogP contribution in [0.2, 0.25) is 0 Å². The minimum absolute atomic E-state index is 0.0987. The molecule has 0 bridgehead atoms. The van der Waals surface area contributed by atoms with E-state index in [-0.39, 0.29) is 5.92 Å². The van der Waals surface area contributed by atoms with Crippen LogP contribution in [0.15, 0.2) is 48.5 Å². The quantitative estimate of drug-likeness (QED) is 0.574. The SMILES string of the molecule is Cc1cc(C#N)cc(Oc2nc(C)nc(OCc3ccccc3)c2C(C)C)c1. The van der Waals surface area contributed by atoms with E-state index >= 15 is 0 Å². The van der Waals surface area contributed by atoms with Gasteiger partial charge in [-0.1, -0.05) is 44.2 Å². The highest BCUT2D eigenvalue weighted by atomic mass is 16.5. The molecule has 0 atom stereocenters. The second kappa shape index (κ2) is 8.53. The van der Waals surface area contributed by atoms with E-state index < -0.39 is 0 Å². The summed E-state index contributed by atoms with van der Waals surface area (Å²) in [6.07, 6.45) is 0. The average molecular weight is 373 g/mol. The molecule has 0 aliphatic carbocycles. The number of benzene rings is 2. The molecule has 142 valence electrons. The Morgan fingerprint density at radius 3 is 2.39 bits per heavy atom. The molecule has 0 amide bonds. The summed E-state index contributed by atoms with van der Waals surface area (Å²) < 4.78 is 12.1. The Morgan fingerprint density at radius 2 is 1.71 bits per heavy atom. The van der Waals surface area contributed by atoms with Gasteiger partial charge in [-0.15, -0.1) is 0 Å². The van der Waals surface area contributed by atoms with Crippen molar-refractivity contribution in [3.8, 4) is 23.6 Å². The molecule has 0 unspecified atom stereocenters. The number of ether oxygens (including phenoxy) is 2. The Labute approximate surface area is 165 Å². The maximum Gasteiger partial charge on any atom is 0.229 e. The maximum atomic E-state index is 9.21. The Bertz CT molecular complexity index is 1010. The van der Waals surface area contributed by atoms with Gasteiger partial charge in [0.1, 0.15) is 18.2 Å². The van der Waals surface area contributed by atoms with Crippen LogP contribution in [0, 0.1) is 25.2 Å². The molecule has 0 saturated carbocycles. The van der Waals surface area contributed by atoms with Gasteiger partial charge in [-0.05, 0) is 49.1 Å². The predicted octanol–water partition coefficient (Wildman–Crippen LogP) is 5.46. The van der Waals surface area contributed by atoms with Crippen molar-refractivity contribution in [2.75, 3.05) is 0 Å². The fourth-order valence-corrected chi connectivity index (χ4v) is 2.92. The van der Waals surface area contributed by atoms with Crippen molar-refractivity contribution in [3.63, 3.8) is 0 Å². The van der Waals surface area contributed by atoms with Crippen molar-refractivity contribution < 1.29 is 9.47 Å². The molecule has 5 nitrogen and oxygen atoms in total. The third-order valence-corrected chi connectivity index (χ3v) is 4.18. The summed E-state index contributed by atoms with van der Waals surface area (Å²) in [6.45, 7) is 8.25. The first-order valence-electron chi connectivity index (χ1n) is 9.21. The molecule has 5 heteroatoms. The van der Waals surface area contributed by atoms with Crippen LogP contribution in [0.5, 0.6) is 17.5 Å². The lowest BCUT2D eigenvalue weighted by Gasteiger charge is -2.18. The van der Waals surface area contributed by atoms with E-state index in [0.29, 0.717) is 35.5 Å². The van der Waals surface area contributed by atoms with E-state index in [1.54, 1.807) is 6.07 Å². The highest BCUT2D eigenvalue weighted by molar-refractivity contribution is 5.45. The molecular formula is C23H23N3O2. The van der Waals surface area contributed by atoms with E-state index in [4.69, 9.17) is 9.47 Å². The number of hydrogen-bond donors (Lipinski definition) is 0. The number of rotatable bonds is 6. The molecule has 3 aromatic rings. The first-order valence-corrected chi connectivity index (χ1v) is 9.21. The van der Waals surface area contributed by atoms with Crippen molar-refractivity contribution >= 4 is 0 Å². The van der Waals surface area contributed by atoms with Crippen LogP contribution in [0.25, 0.3) is 0 Å². The summed E-state index contributed by atoms with van der Waals surface area (Å²) in [6, 6.07) is 17.5. The molecule has 0 saturated heterocycles. The van der Waals surface area contributed by atoms with E-state index in [1.807, 2.05) is 70.2 Å². The molecule has 0 radical (unpaired) electrons. The normalized spacial score (nSPS) is 10.6. The van der Waals surface area contributed by atoms with Gasteiger partial charge < -0.3 is 9.47 Å². The predicted molar refractivity (Wildman–Crippen MR) is 108 cm³/mol. The molecular weight excluding hydrogens is 350 g/mol. The molecule has 0 N–H and O–H groups in total. The van der Waals surface area contributed by atoms with Crippen LogP contribution in [0.4, 0.5) is 0 Å². The zero-order valence-electron chi connectivity index (χ0n) is 16.6. The van der Waals surface area contributed by atoms with Gasteiger partial charge in [0.15, 0.2) is 0 Å². The molecule has 0 fully saturated rings. The summed E-state index contributed by atoms with van der Waals surface area (Å²) >= 11 is 0. The van der Waals surface area contributed by atoms with Gasteiger partial charge in [-0.2, -0.15) is 15.2 Å². The number of aryl methyl sites for hydroxylation is 2. The fourth-order valence-electron chi connectivity index (χ4n) is 2.92. The van der Waals surface area contributed by atoms with E-state index in [0.717, 1.165) is 16.7 Å². The lowest BCUT2D eigenvalue weighted by molar-refractivity contribution is 0.284. The minimum Gasteiger partial charge on any atom is -0.472 e. The van der Waals surface area contributed by atoms with Crippen LogP contribution in [-0.2, 0) is 6.61 Å². The fraction of sp³-hybridized carbons (Fsp3) is 0.261. The Hall–Kier alpha value is -3.39. The summed E-state index contributed by atoms with van der Waals surface area (Å²) in [5.41, 5.74) is 3.37. The van der Waals surface area contributed by atoms with Crippen LogP contribution in [-0.4, -0.2) is 9.97 Å². The maximum absolute atomic E-state index is 9.21. The molecule has 1 heterocycles. The number of hydrogen-bond acceptors (Lipinski definition) is 5. The lowest BCUT2D eigenvalue weighted by Crippen LogP contribution is -2.07. The van der Waals surface area contributed by atoms with Crippen LogP contribution < -0.4 is 9.47 Å². The minimum atomic E-state index is 0.0987. The standard InChI is InChI=1S/C23H23N3O2/c1-15(2)21-22(27-14-18-8-6-5-7-9-18)25-17(4)26-23(21)28-20-11-16(3)10-19(12-20)13-24/h5-12,15H,14H2,1-4H3. The molecule has 3 rings (SSSR count). The largest absolute Gasteiger partial charge is 0.472 e. The number of aromatic nitrogens is 2. The molecule has 0 aliphatic rings. The smallest absolute Gasteiger partial charge is 0.229 e. The Morgan fingerprint density at radius 1 is 1.00 bits per heavy atom. The first kappa shape index (κ1) is 19.4. The highest BCUT2D eigenvalue weighted by Gasteiger charge is 2.20. The zero-order valence-corrected chi connectivity index (χ0v) is 16.6. The Balaban J connectivity index is 1.96. The van der Waals surface area contributed by atoms with Gasteiger partial charge in [0.2, 0.25) is 11.8 Å². The lowest BCUT2D eigenvalue weighted by atomic mass is 10.1. The van der Waals surface area contributed by atoms with Crippen molar-refractivity contribution in [1.82, 2.24) is 9.97 Å². The second-order valence-electron chi connectivity index (χ2n) is 6.97. The molecule has 28 heavy (non-hydrogen) atoms. The molecule has 0 aliphatic heterocycles. The van der Waals surface area contributed by atoms with Crippen molar-refractivity contribution in [2.45, 2.75) is 40.2 Å². The monoisotopic (exact) mass is 373 g/mol. The summed E-state index contributed by atoms with van der Waals surface area (Å²) in [7, 11) is 0. The number of nitriles is 1. The molecule has 2 aromatic carbocycles. The summed E-state index contributed by atoms with van der Waals surface area (Å²) in [4.78, 5) is 8.99. The molecule has 1 aromatic heterocycles. The first-order chi connectivity index (χ1) is 13.5. The second-order valence-corrected chi connectivity index (χ2v) is 6.97. The van der Waals surface area contributed by atoms with Gasteiger partial charge in [0.25, 0.3) is 0 Å². The zero-order chi connectivity index (χ0) is 20.1. The third-order valence-electron chi connectivity index (χ3n) is 4.18. The van der Waals surface area contributed by atoms with Crippen molar-refractivity contribution in [1.29, 1.82) is 5.26 Å². The van der Waals surface area contributed by atoms with E-state index in [2.05, 4.69) is 16.0 Å².